The van der Waals surface area contributed by atoms with E-state index in [-0.39, 0.29) is 11.9 Å². The molecular weight excluding hydrogens is 332 g/mol. The van der Waals surface area contributed by atoms with Crippen LogP contribution < -0.4 is 0 Å². The molecule has 4 rings (SSSR count). The molecule has 138 valence electrons. The lowest BCUT2D eigenvalue weighted by Gasteiger charge is -2.29. The van der Waals surface area contributed by atoms with Crippen LogP contribution in [0.4, 0.5) is 0 Å². The highest BCUT2D eigenvalue weighted by Gasteiger charge is 2.34. The molecule has 2 fully saturated rings. The van der Waals surface area contributed by atoms with Gasteiger partial charge in [-0.1, -0.05) is 12.1 Å². The predicted molar refractivity (Wildman–Crippen MR) is 94.9 cm³/mol. The molecule has 1 amide bonds. The van der Waals surface area contributed by atoms with Crippen LogP contribution in [-0.4, -0.2) is 81.9 Å². The van der Waals surface area contributed by atoms with Gasteiger partial charge < -0.3 is 14.5 Å². The van der Waals surface area contributed by atoms with E-state index < -0.39 is 0 Å². The van der Waals surface area contributed by atoms with Crippen LogP contribution in [0, 0.1) is 12.8 Å². The standard InChI is InChI=1S/C18H24N6O2/c1-13-19-20-21-24(13)16-5-3-14(4-6-16)7-18(25)23-9-15-8-22(2)10-17(23)12-26-11-15/h3-6,15,17H,7-12H2,1-2H3/t15-,17-/m0/s1. The largest absolute Gasteiger partial charge is 0.379 e. The lowest BCUT2D eigenvalue weighted by molar-refractivity contribution is -0.133. The van der Waals surface area contributed by atoms with Crippen LogP contribution in [0.15, 0.2) is 24.3 Å². The molecule has 1 aromatic carbocycles. The first-order chi connectivity index (χ1) is 12.6. The van der Waals surface area contributed by atoms with Crippen LogP contribution in [0.2, 0.25) is 0 Å². The molecule has 26 heavy (non-hydrogen) atoms. The fourth-order valence-corrected chi connectivity index (χ4v) is 3.88. The summed E-state index contributed by atoms with van der Waals surface area (Å²) in [4.78, 5) is 17.3. The minimum Gasteiger partial charge on any atom is -0.379 e. The van der Waals surface area contributed by atoms with E-state index in [4.69, 9.17) is 4.74 Å². The highest BCUT2D eigenvalue weighted by molar-refractivity contribution is 5.79. The summed E-state index contributed by atoms with van der Waals surface area (Å²) < 4.78 is 7.44. The lowest BCUT2D eigenvalue weighted by Crippen LogP contribution is -2.46. The van der Waals surface area contributed by atoms with Gasteiger partial charge in [0, 0.05) is 25.6 Å². The number of likely N-dealkylation sites (N-methyl/N-ethyl adjacent to an activating group) is 1. The first-order valence-electron chi connectivity index (χ1n) is 9.00. The molecule has 0 saturated carbocycles. The van der Waals surface area contributed by atoms with Gasteiger partial charge in [0.05, 0.1) is 31.4 Å². The van der Waals surface area contributed by atoms with Crippen molar-refractivity contribution in [3.8, 4) is 5.69 Å². The Morgan fingerprint density at radius 2 is 2.00 bits per heavy atom. The number of amides is 1. The number of carbonyl (C=O) groups excluding carboxylic acids is 1. The molecule has 0 aliphatic carbocycles. The molecule has 1 aromatic heterocycles. The van der Waals surface area contributed by atoms with E-state index in [0.29, 0.717) is 18.9 Å². The molecule has 2 aliphatic heterocycles. The number of aryl methyl sites for hydroxylation is 1. The maximum atomic E-state index is 13.0. The molecule has 2 atom stereocenters. The normalized spacial score (nSPS) is 23.7. The van der Waals surface area contributed by atoms with Crippen molar-refractivity contribution in [1.29, 1.82) is 0 Å². The smallest absolute Gasteiger partial charge is 0.227 e. The lowest BCUT2D eigenvalue weighted by atomic mass is 10.1. The van der Waals surface area contributed by atoms with Crippen molar-refractivity contribution in [1.82, 2.24) is 30.0 Å². The van der Waals surface area contributed by atoms with E-state index in [1.165, 1.54) is 0 Å². The first-order valence-corrected chi connectivity index (χ1v) is 9.00. The molecule has 2 saturated heterocycles. The SMILES string of the molecule is Cc1nnnn1-c1ccc(CC(=O)N2C[C@H]3COC[C@@H]2CN(C)C3)cc1. The second-order valence-electron chi connectivity index (χ2n) is 7.31. The van der Waals surface area contributed by atoms with E-state index in [2.05, 4.69) is 27.5 Å². The third-order valence-electron chi connectivity index (χ3n) is 5.13. The van der Waals surface area contributed by atoms with E-state index in [1.807, 2.05) is 36.1 Å². The molecule has 3 heterocycles. The summed E-state index contributed by atoms with van der Waals surface area (Å²) in [5.74, 6) is 1.29. The highest BCUT2D eigenvalue weighted by atomic mass is 16.5. The Balaban J connectivity index is 1.47. The number of hydrogen-bond donors (Lipinski definition) is 0. The molecule has 8 heteroatoms. The third kappa shape index (κ3) is 3.47. The molecule has 8 nitrogen and oxygen atoms in total. The molecule has 0 unspecified atom stereocenters. The van der Waals surface area contributed by atoms with Crippen molar-refractivity contribution in [3.05, 3.63) is 35.7 Å². The Hall–Kier alpha value is -2.32. The number of nitrogens with zero attached hydrogens (tertiary/aromatic N) is 6. The average Bonchev–Trinajstić information content (AvgIpc) is 2.84. The van der Waals surface area contributed by atoms with Gasteiger partial charge in [-0.25, -0.2) is 0 Å². The number of rotatable bonds is 3. The number of aromatic nitrogens is 4. The Kier molecular flexibility index (Phi) is 4.69. The van der Waals surface area contributed by atoms with Crippen molar-refractivity contribution < 1.29 is 9.53 Å². The van der Waals surface area contributed by atoms with Gasteiger partial charge in [0.15, 0.2) is 5.82 Å². The molecule has 0 radical (unpaired) electrons. The van der Waals surface area contributed by atoms with Crippen LogP contribution in [0.5, 0.6) is 0 Å². The van der Waals surface area contributed by atoms with E-state index >= 15 is 0 Å². The molecule has 2 aliphatic rings. The molecule has 2 aromatic rings. The summed E-state index contributed by atoms with van der Waals surface area (Å²) in [6, 6.07) is 7.98. The zero-order valence-corrected chi connectivity index (χ0v) is 15.2. The molecular formula is C18H24N6O2. The number of ether oxygens (including phenoxy) is 1. The van der Waals surface area contributed by atoms with Crippen LogP contribution in [0.3, 0.4) is 0 Å². The summed E-state index contributed by atoms with van der Waals surface area (Å²) in [5.41, 5.74) is 1.89. The summed E-state index contributed by atoms with van der Waals surface area (Å²) >= 11 is 0. The second kappa shape index (κ2) is 7.13. The Labute approximate surface area is 152 Å². The zero-order chi connectivity index (χ0) is 18.1. The van der Waals surface area contributed by atoms with Crippen LogP contribution >= 0.6 is 0 Å². The fraction of sp³-hybridized carbons (Fsp3) is 0.556. The predicted octanol–water partition coefficient (Wildman–Crippen LogP) is 0.302. The molecule has 0 N–H and O–H groups in total. The van der Waals surface area contributed by atoms with Gasteiger partial charge in [-0.2, -0.15) is 4.68 Å². The minimum atomic E-state index is 0.142. The van der Waals surface area contributed by atoms with E-state index in [1.54, 1.807) is 4.68 Å². The maximum absolute atomic E-state index is 13.0. The van der Waals surface area contributed by atoms with Gasteiger partial charge in [-0.15, -0.1) is 5.10 Å². The summed E-state index contributed by atoms with van der Waals surface area (Å²) in [7, 11) is 2.12. The van der Waals surface area contributed by atoms with Crippen molar-refractivity contribution in [3.63, 3.8) is 0 Å². The van der Waals surface area contributed by atoms with Crippen LogP contribution in [0.1, 0.15) is 11.4 Å². The number of hydrogen-bond acceptors (Lipinski definition) is 6. The van der Waals surface area contributed by atoms with Crippen molar-refractivity contribution in [2.75, 3.05) is 39.9 Å². The maximum Gasteiger partial charge on any atom is 0.227 e. The summed E-state index contributed by atoms with van der Waals surface area (Å²) in [6.07, 6.45) is 0.405. The van der Waals surface area contributed by atoms with Gasteiger partial charge in [-0.05, 0) is 42.1 Å². The van der Waals surface area contributed by atoms with Crippen LogP contribution in [-0.2, 0) is 16.0 Å². The van der Waals surface area contributed by atoms with Gasteiger partial charge in [0.1, 0.15) is 0 Å². The molecule has 2 bridgehead atoms. The number of tetrazole rings is 1. The van der Waals surface area contributed by atoms with Crippen molar-refractivity contribution in [2.45, 2.75) is 19.4 Å². The Bertz CT molecular complexity index is 774. The van der Waals surface area contributed by atoms with Gasteiger partial charge >= 0.3 is 0 Å². The van der Waals surface area contributed by atoms with Crippen molar-refractivity contribution in [2.24, 2.45) is 5.92 Å². The Morgan fingerprint density at radius 3 is 2.73 bits per heavy atom. The summed E-state index contributed by atoms with van der Waals surface area (Å²) in [6.45, 7) is 5.87. The van der Waals surface area contributed by atoms with E-state index in [0.717, 1.165) is 43.3 Å². The number of carbonyl (C=O) groups is 1. The number of benzene rings is 1. The minimum absolute atomic E-state index is 0.142. The first kappa shape index (κ1) is 17.1. The third-order valence-corrected chi connectivity index (χ3v) is 5.13. The quantitative estimate of drug-likeness (QED) is 0.787. The topological polar surface area (TPSA) is 76.4 Å². The van der Waals surface area contributed by atoms with Gasteiger partial charge in [-0.3, -0.25) is 4.79 Å². The van der Waals surface area contributed by atoms with E-state index in [9.17, 15) is 4.79 Å². The zero-order valence-electron chi connectivity index (χ0n) is 15.2. The van der Waals surface area contributed by atoms with Gasteiger partial charge in [0.25, 0.3) is 0 Å². The average molecular weight is 356 g/mol. The fourth-order valence-electron chi connectivity index (χ4n) is 3.88. The summed E-state index contributed by atoms with van der Waals surface area (Å²) in [5, 5.41) is 11.5. The number of fused-ring (bicyclic) bond motifs is 3. The monoisotopic (exact) mass is 356 g/mol. The second-order valence-corrected chi connectivity index (χ2v) is 7.31. The Morgan fingerprint density at radius 1 is 1.19 bits per heavy atom. The van der Waals surface area contributed by atoms with Crippen molar-refractivity contribution >= 4 is 5.91 Å². The van der Waals surface area contributed by atoms with Gasteiger partial charge in [0.2, 0.25) is 5.91 Å². The van der Waals surface area contributed by atoms with Crippen LogP contribution in [0.25, 0.3) is 5.69 Å². The highest BCUT2D eigenvalue weighted by Crippen LogP contribution is 2.20. The molecule has 0 spiro atoms.